The minimum absolute atomic E-state index is 0.276. The molecule has 1 aromatic rings. The van der Waals surface area contributed by atoms with E-state index in [-0.39, 0.29) is 6.04 Å². The quantitative estimate of drug-likeness (QED) is 0.790. The van der Waals surface area contributed by atoms with Gasteiger partial charge in [0.2, 0.25) is 0 Å². The van der Waals surface area contributed by atoms with Crippen molar-refractivity contribution in [3.63, 3.8) is 0 Å². The SMILES string of the molecule is N#Cc1c(N2CCC(N)C2)sc2c1CCCCC2. The molecule has 4 heteroatoms. The summed E-state index contributed by atoms with van der Waals surface area (Å²) in [6.07, 6.45) is 7.11. The summed E-state index contributed by atoms with van der Waals surface area (Å²) in [6.45, 7) is 1.92. The molecule has 1 fully saturated rings. The Morgan fingerprint density at radius 1 is 1.28 bits per heavy atom. The van der Waals surface area contributed by atoms with E-state index in [9.17, 15) is 5.26 Å². The van der Waals surface area contributed by atoms with Gasteiger partial charge in [0.1, 0.15) is 11.1 Å². The third-order valence-corrected chi connectivity index (χ3v) is 5.38. The first kappa shape index (κ1) is 12.0. The Morgan fingerprint density at radius 3 is 2.83 bits per heavy atom. The third kappa shape index (κ3) is 2.02. The van der Waals surface area contributed by atoms with E-state index >= 15 is 0 Å². The summed E-state index contributed by atoms with van der Waals surface area (Å²) in [5.41, 5.74) is 8.27. The van der Waals surface area contributed by atoms with Gasteiger partial charge < -0.3 is 10.6 Å². The highest BCUT2D eigenvalue weighted by atomic mass is 32.1. The van der Waals surface area contributed by atoms with Gasteiger partial charge in [-0.3, -0.25) is 0 Å². The van der Waals surface area contributed by atoms with E-state index in [0.29, 0.717) is 0 Å². The molecule has 3 rings (SSSR count). The summed E-state index contributed by atoms with van der Waals surface area (Å²) in [7, 11) is 0. The highest BCUT2D eigenvalue weighted by molar-refractivity contribution is 7.16. The lowest BCUT2D eigenvalue weighted by atomic mass is 10.1. The number of nitriles is 1. The third-order valence-electron chi connectivity index (χ3n) is 4.03. The molecular formula is C14H19N3S. The molecule has 2 N–H and O–H groups in total. The second-order valence-corrected chi connectivity index (χ2v) is 6.43. The zero-order chi connectivity index (χ0) is 12.5. The summed E-state index contributed by atoms with van der Waals surface area (Å²) >= 11 is 1.85. The van der Waals surface area contributed by atoms with E-state index in [4.69, 9.17) is 5.73 Å². The molecule has 0 spiro atoms. The summed E-state index contributed by atoms with van der Waals surface area (Å²) in [5, 5.41) is 10.7. The van der Waals surface area contributed by atoms with Crippen LogP contribution in [0.25, 0.3) is 0 Å². The van der Waals surface area contributed by atoms with Crippen LogP contribution >= 0.6 is 11.3 Å². The van der Waals surface area contributed by atoms with Crippen LogP contribution in [0.2, 0.25) is 0 Å². The predicted octanol–water partition coefficient (Wildman–Crippen LogP) is 2.43. The van der Waals surface area contributed by atoms with Gasteiger partial charge in [-0.15, -0.1) is 11.3 Å². The largest absolute Gasteiger partial charge is 0.361 e. The fourth-order valence-corrected chi connectivity index (χ4v) is 4.41. The summed E-state index contributed by atoms with van der Waals surface area (Å²) in [5.74, 6) is 0. The van der Waals surface area contributed by atoms with Crippen molar-refractivity contribution in [3.05, 3.63) is 16.0 Å². The normalized spacial score (nSPS) is 23.6. The monoisotopic (exact) mass is 261 g/mol. The second-order valence-electron chi connectivity index (χ2n) is 5.35. The van der Waals surface area contributed by atoms with Crippen molar-refractivity contribution < 1.29 is 0 Å². The van der Waals surface area contributed by atoms with Crippen molar-refractivity contribution in [3.8, 4) is 6.07 Å². The lowest BCUT2D eigenvalue weighted by molar-refractivity contribution is 0.712. The van der Waals surface area contributed by atoms with Gasteiger partial charge in [-0.1, -0.05) is 6.42 Å². The Labute approximate surface area is 112 Å². The first-order valence-electron chi connectivity index (χ1n) is 6.84. The molecule has 1 unspecified atom stereocenters. The minimum atomic E-state index is 0.276. The Bertz CT molecular complexity index is 486. The summed E-state index contributed by atoms with van der Waals surface area (Å²) in [6, 6.07) is 2.73. The molecular weight excluding hydrogens is 242 g/mol. The number of hydrogen-bond acceptors (Lipinski definition) is 4. The number of nitrogens with two attached hydrogens (primary N) is 1. The lowest BCUT2D eigenvalue weighted by Crippen LogP contribution is -2.26. The molecule has 1 atom stereocenters. The van der Waals surface area contributed by atoms with Gasteiger partial charge in [-0.25, -0.2) is 0 Å². The number of fused-ring (bicyclic) bond motifs is 1. The van der Waals surface area contributed by atoms with Crippen LogP contribution in [0, 0.1) is 11.3 Å². The first-order valence-corrected chi connectivity index (χ1v) is 7.66. The van der Waals surface area contributed by atoms with Crippen LogP contribution in [-0.2, 0) is 12.8 Å². The average molecular weight is 261 g/mol. The van der Waals surface area contributed by atoms with Gasteiger partial charge in [-0.2, -0.15) is 5.26 Å². The molecule has 96 valence electrons. The zero-order valence-corrected chi connectivity index (χ0v) is 11.4. The maximum absolute atomic E-state index is 9.48. The van der Waals surface area contributed by atoms with Crippen LogP contribution in [-0.4, -0.2) is 19.1 Å². The highest BCUT2D eigenvalue weighted by Crippen LogP contribution is 2.40. The van der Waals surface area contributed by atoms with Gasteiger partial charge in [0.05, 0.1) is 5.56 Å². The second kappa shape index (κ2) is 4.91. The zero-order valence-electron chi connectivity index (χ0n) is 10.6. The molecule has 1 aliphatic carbocycles. The maximum Gasteiger partial charge on any atom is 0.110 e. The first-order chi connectivity index (χ1) is 8.79. The van der Waals surface area contributed by atoms with Crippen LogP contribution in [0.4, 0.5) is 5.00 Å². The number of hydrogen-bond donors (Lipinski definition) is 1. The molecule has 0 amide bonds. The van der Waals surface area contributed by atoms with Crippen molar-refractivity contribution in [2.24, 2.45) is 5.73 Å². The number of thiophene rings is 1. The Kier molecular flexibility index (Phi) is 3.27. The standard InChI is InChI=1S/C14H19N3S/c15-8-12-11-4-2-1-3-5-13(11)18-14(12)17-7-6-10(16)9-17/h10H,1-7,9,16H2. The van der Waals surface area contributed by atoms with Crippen LogP contribution in [0.5, 0.6) is 0 Å². The molecule has 0 bridgehead atoms. The molecule has 1 aromatic heterocycles. The maximum atomic E-state index is 9.48. The Hall–Kier alpha value is -1.05. The Morgan fingerprint density at radius 2 is 2.11 bits per heavy atom. The molecule has 0 aromatic carbocycles. The fourth-order valence-electron chi connectivity index (χ4n) is 3.04. The van der Waals surface area contributed by atoms with Crippen LogP contribution in [0.3, 0.4) is 0 Å². The highest BCUT2D eigenvalue weighted by Gasteiger charge is 2.27. The van der Waals surface area contributed by atoms with Gasteiger partial charge >= 0.3 is 0 Å². The molecule has 3 nitrogen and oxygen atoms in total. The van der Waals surface area contributed by atoms with E-state index in [1.54, 1.807) is 0 Å². The molecule has 1 saturated heterocycles. The van der Waals surface area contributed by atoms with E-state index < -0.39 is 0 Å². The predicted molar refractivity (Wildman–Crippen MR) is 75.1 cm³/mol. The van der Waals surface area contributed by atoms with E-state index in [1.165, 1.54) is 34.7 Å². The van der Waals surface area contributed by atoms with Gasteiger partial charge in [0.25, 0.3) is 0 Å². The molecule has 2 aliphatic rings. The summed E-state index contributed by atoms with van der Waals surface area (Å²) in [4.78, 5) is 3.78. The average Bonchev–Trinajstić information content (AvgIpc) is 2.86. The van der Waals surface area contributed by atoms with Crippen molar-refractivity contribution in [2.45, 2.75) is 44.6 Å². The molecule has 0 radical (unpaired) electrons. The van der Waals surface area contributed by atoms with Crippen molar-refractivity contribution in [1.82, 2.24) is 0 Å². The molecule has 0 saturated carbocycles. The fraction of sp³-hybridized carbons (Fsp3) is 0.643. The van der Waals surface area contributed by atoms with Crippen LogP contribution in [0.1, 0.15) is 41.7 Å². The lowest BCUT2D eigenvalue weighted by Gasteiger charge is -2.16. The van der Waals surface area contributed by atoms with E-state index in [1.807, 2.05) is 11.3 Å². The van der Waals surface area contributed by atoms with E-state index in [2.05, 4.69) is 11.0 Å². The van der Waals surface area contributed by atoms with Crippen LogP contribution in [0.15, 0.2) is 0 Å². The smallest absolute Gasteiger partial charge is 0.110 e. The number of rotatable bonds is 1. The Balaban J connectivity index is 1.98. The number of nitrogens with zero attached hydrogens (tertiary/aromatic N) is 2. The number of aryl methyl sites for hydroxylation is 1. The van der Waals surface area contributed by atoms with Gasteiger partial charge in [0.15, 0.2) is 0 Å². The van der Waals surface area contributed by atoms with Crippen LogP contribution < -0.4 is 10.6 Å². The topological polar surface area (TPSA) is 53.0 Å². The molecule has 18 heavy (non-hydrogen) atoms. The van der Waals surface area contributed by atoms with Gasteiger partial charge in [0, 0.05) is 24.0 Å². The summed E-state index contributed by atoms with van der Waals surface area (Å²) < 4.78 is 0. The van der Waals surface area contributed by atoms with Crippen molar-refractivity contribution in [2.75, 3.05) is 18.0 Å². The molecule has 1 aliphatic heterocycles. The number of anilines is 1. The van der Waals surface area contributed by atoms with Gasteiger partial charge in [-0.05, 0) is 37.7 Å². The molecule has 2 heterocycles. The van der Waals surface area contributed by atoms with E-state index in [0.717, 1.165) is 37.9 Å². The van der Waals surface area contributed by atoms with Crippen molar-refractivity contribution >= 4 is 16.3 Å². The minimum Gasteiger partial charge on any atom is -0.361 e. The van der Waals surface area contributed by atoms with Crippen molar-refractivity contribution in [1.29, 1.82) is 5.26 Å².